The molecule has 4 atom stereocenters. The van der Waals surface area contributed by atoms with Crippen molar-refractivity contribution in [1.82, 2.24) is 24.4 Å². The van der Waals surface area contributed by atoms with E-state index in [9.17, 15) is 4.79 Å². The van der Waals surface area contributed by atoms with E-state index >= 15 is 0 Å². The second-order valence-electron chi connectivity index (χ2n) is 14.2. The molecule has 0 saturated carbocycles. The Morgan fingerprint density at radius 3 is 2.75 bits per heavy atom. The van der Waals surface area contributed by atoms with Crippen LogP contribution in [-0.2, 0) is 21.7 Å². The minimum Gasteiger partial charge on any atom is -0.497 e. The van der Waals surface area contributed by atoms with Crippen LogP contribution in [0.3, 0.4) is 0 Å². The molecule has 0 spiro atoms. The van der Waals surface area contributed by atoms with Crippen LogP contribution < -0.4 is 15.0 Å². The SMILES string of the molecule is COc1ccc2[nH]cc(-c3cnc(N(C)[C@@H]4C[C@H]5O[C@@](C)([C@@H]4OC)n4c6ccccc6c6c7c(c8c9cc(Cl)ccc9n5c8c64)C(=O)NC7)s3)c2c1. The first-order valence-electron chi connectivity index (χ1n) is 17.3. The van der Waals surface area contributed by atoms with Crippen molar-refractivity contribution < 1.29 is 19.0 Å². The number of benzene rings is 4. The molecule has 52 heavy (non-hydrogen) atoms. The van der Waals surface area contributed by atoms with Crippen molar-refractivity contribution in [2.75, 3.05) is 26.2 Å². The van der Waals surface area contributed by atoms with Crippen molar-refractivity contribution in [2.24, 2.45) is 0 Å². The third kappa shape index (κ3) is 3.76. The number of carbonyl (C=O) groups excluding carboxylic acids is 1. The molecule has 0 aliphatic carbocycles. The predicted molar refractivity (Wildman–Crippen MR) is 206 cm³/mol. The van der Waals surface area contributed by atoms with Gasteiger partial charge in [0.25, 0.3) is 5.91 Å². The second-order valence-corrected chi connectivity index (χ2v) is 15.6. The lowest BCUT2D eigenvalue weighted by molar-refractivity contribution is -0.253. The molecule has 2 bridgehead atoms. The molecule has 3 aliphatic heterocycles. The molecular formula is C40H33ClN6O4S. The van der Waals surface area contributed by atoms with Gasteiger partial charge >= 0.3 is 0 Å². The van der Waals surface area contributed by atoms with Crippen molar-refractivity contribution in [3.63, 3.8) is 0 Å². The fourth-order valence-corrected chi connectivity index (χ4v) is 10.7. The van der Waals surface area contributed by atoms with E-state index in [0.29, 0.717) is 18.0 Å². The number of nitrogens with one attached hydrogen (secondary N) is 2. The van der Waals surface area contributed by atoms with Crippen LogP contribution in [0.5, 0.6) is 5.75 Å². The first kappa shape index (κ1) is 30.5. The topological polar surface area (TPSA) is 98.6 Å². The number of fused-ring (bicyclic) bond motifs is 14. The van der Waals surface area contributed by atoms with E-state index < -0.39 is 18.1 Å². The Balaban J connectivity index is 1.15. The minimum atomic E-state index is -0.944. The highest BCUT2D eigenvalue weighted by Crippen LogP contribution is 2.55. The number of anilines is 1. The van der Waals surface area contributed by atoms with Crippen LogP contribution in [0.25, 0.3) is 65.0 Å². The zero-order valence-electron chi connectivity index (χ0n) is 28.8. The average Bonchev–Trinajstić information content (AvgIpc) is 3.97. The number of rotatable bonds is 5. The normalized spacial score (nSPS) is 22.2. The number of carbonyl (C=O) groups is 1. The summed E-state index contributed by atoms with van der Waals surface area (Å²) < 4.78 is 24.1. The smallest absolute Gasteiger partial charge is 0.252 e. The number of hydrogen-bond acceptors (Lipinski definition) is 7. The van der Waals surface area contributed by atoms with Crippen molar-refractivity contribution in [2.45, 2.75) is 44.0 Å². The van der Waals surface area contributed by atoms with Gasteiger partial charge in [0.1, 0.15) is 18.1 Å². The molecule has 0 unspecified atom stereocenters. The maximum Gasteiger partial charge on any atom is 0.252 e. The van der Waals surface area contributed by atoms with Crippen molar-refractivity contribution in [3.05, 3.63) is 89.2 Å². The van der Waals surface area contributed by atoms with Gasteiger partial charge in [0.2, 0.25) is 0 Å². The van der Waals surface area contributed by atoms with E-state index in [0.717, 1.165) is 87.0 Å². The van der Waals surface area contributed by atoms with Gasteiger partial charge in [0.15, 0.2) is 10.9 Å². The van der Waals surface area contributed by atoms with Gasteiger partial charge < -0.3 is 38.5 Å². The molecule has 8 aromatic rings. The number of halogens is 1. The Hall–Kier alpha value is -5.07. The van der Waals surface area contributed by atoms with E-state index in [1.54, 1.807) is 25.6 Å². The fourth-order valence-electron chi connectivity index (χ4n) is 9.54. The first-order valence-corrected chi connectivity index (χ1v) is 18.5. The van der Waals surface area contributed by atoms with E-state index in [1.807, 2.05) is 36.7 Å². The van der Waals surface area contributed by atoms with Crippen LogP contribution in [0.2, 0.25) is 5.02 Å². The molecule has 1 saturated heterocycles. The summed E-state index contributed by atoms with van der Waals surface area (Å²) in [5, 5.41) is 9.75. The molecule has 10 nitrogen and oxygen atoms in total. The number of amides is 1. The van der Waals surface area contributed by atoms with Crippen LogP contribution >= 0.6 is 22.9 Å². The van der Waals surface area contributed by atoms with Crippen LogP contribution in [0.4, 0.5) is 5.13 Å². The van der Waals surface area contributed by atoms with Gasteiger partial charge in [-0.1, -0.05) is 41.1 Å². The third-order valence-electron chi connectivity index (χ3n) is 11.7. The summed E-state index contributed by atoms with van der Waals surface area (Å²) in [5.74, 6) is 0.747. The maximum atomic E-state index is 13.8. The molecule has 12 heteroatoms. The molecule has 2 N–H and O–H groups in total. The molecule has 260 valence electrons. The summed E-state index contributed by atoms with van der Waals surface area (Å²) in [5.41, 5.74) is 6.94. The van der Waals surface area contributed by atoms with Crippen LogP contribution in [0, 0.1) is 0 Å². The number of methoxy groups -OCH3 is 2. The second kappa shape index (κ2) is 10.5. The molecular weight excluding hydrogens is 696 g/mol. The number of ether oxygens (including phenoxy) is 3. The number of hydrogen-bond donors (Lipinski definition) is 2. The van der Waals surface area contributed by atoms with Gasteiger partial charge in [-0.25, -0.2) is 4.98 Å². The van der Waals surface area contributed by atoms with Crippen LogP contribution in [-0.4, -0.2) is 58.4 Å². The summed E-state index contributed by atoms with van der Waals surface area (Å²) in [6.07, 6.45) is 3.81. The van der Waals surface area contributed by atoms with E-state index in [2.05, 4.69) is 74.7 Å². The Labute approximate surface area is 306 Å². The average molecular weight is 729 g/mol. The Kier molecular flexibility index (Phi) is 6.17. The van der Waals surface area contributed by atoms with Gasteiger partial charge in [-0.3, -0.25) is 4.79 Å². The van der Waals surface area contributed by atoms with E-state index in [-0.39, 0.29) is 11.9 Å². The highest BCUT2D eigenvalue weighted by atomic mass is 35.5. The van der Waals surface area contributed by atoms with Gasteiger partial charge in [-0.2, -0.15) is 0 Å². The predicted octanol–water partition coefficient (Wildman–Crippen LogP) is 8.54. The van der Waals surface area contributed by atoms with Gasteiger partial charge in [0, 0.05) is 82.6 Å². The number of nitrogens with zero attached hydrogens (tertiary/aromatic N) is 4. The highest BCUT2D eigenvalue weighted by Gasteiger charge is 2.54. The van der Waals surface area contributed by atoms with Crippen LogP contribution in [0.15, 0.2) is 73.1 Å². The van der Waals surface area contributed by atoms with Crippen LogP contribution in [0.1, 0.15) is 35.5 Å². The Morgan fingerprint density at radius 1 is 1.04 bits per heavy atom. The summed E-state index contributed by atoms with van der Waals surface area (Å²) in [6.45, 7) is 2.61. The number of aromatic nitrogens is 4. The number of thiazole rings is 1. The summed E-state index contributed by atoms with van der Waals surface area (Å²) >= 11 is 8.34. The summed E-state index contributed by atoms with van der Waals surface area (Å²) in [4.78, 5) is 25.5. The summed E-state index contributed by atoms with van der Waals surface area (Å²) in [6, 6.07) is 20.3. The van der Waals surface area contributed by atoms with Gasteiger partial charge in [-0.05, 0) is 55.0 Å². The van der Waals surface area contributed by atoms with Gasteiger partial charge in [0.05, 0.1) is 45.7 Å². The Bertz CT molecular complexity index is 2850. The van der Waals surface area contributed by atoms with Crippen molar-refractivity contribution in [3.8, 4) is 16.2 Å². The number of para-hydroxylation sites is 1. The monoisotopic (exact) mass is 728 g/mol. The molecule has 1 amide bonds. The number of aromatic amines is 1. The molecule has 1 fully saturated rings. The lowest BCUT2D eigenvalue weighted by Crippen LogP contribution is -2.60. The zero-order valence-corrected chi connectivity index (χ0v) is 30.4. The maximum absolute atomic E-state index is 13.8. The van der Waals surface area contributed by atoms with Gasteiger partial charge in [-0.15, -0.1) is 0 Å². The lowest BCUT2D eigenvalue weighted by atomic mass is 9.92. The fraction of sp³-hybridized carbons (Fsp3) is 0.250. The van der Waals surface area contributed by atoms with Crippen molar-refractivity contribution in [1.29, 1.82) is 0 Å². The quantitative estimate of drug-likeness (QED) is 0.184. The summed E-state index contributed by atoms with van der Waals surface area (Å²) in [7, 11) is 5.57. The first-order chi connectivity index (χ1) is 25.3. The van der Waals surface area contributed by atoms with E-state index in [1.165, 1.54) is 0 Å². The molecule has 0 radical (unpaired) electrons. The molecule has 4 aromatic heterocycles. The molecule has 11 rings (SSSR count). The Morgan fingerprint density at radius 2 is 1.90 bits per heavy atom. The van der Waals surface area contributed by atoms with E-state index in [4.69, 9.17) is 30.8 Å². The minimum absolute atomic E-state index is 0.0623. The molecule has 7 heterocycles. The largest absolute Gasteiger partial charge is 0.497 e. The molecule has 3 aliphatic rings. The third-order valence-corrected chi connectivity index (χ3v) is 13.1. The van der Waals surface area contributed by atoms with Crippen molar-refractivity contribution >= 4 is 88.5 Å². The lowest BCUT2D eigenvalue weighted by Gasteiger charge is -2.50. The highest BCUT2D eigenvalue weighted by molar-refractivity contribution is 7.19. The number of likely N-dealkylation sites (N-methyl/N-ethyl adjacent to an activating group) is 1. The zero-order chi connectivity index (χ0) is 35.2. The standard InChI is InChI=1S/C40H33ClN6O4S/c1-40-37(50-4)29(45(2)39-44-18-30(52-39)24-16-42-26-11-10-20(49-3)14-22(24)26)15-31(51-40)46-27-12-9-19(41)13-23(27)33-34-25(17-43-38(34)48)32-21-7-5-6-8-28(21)47(40)36(32)35(33)46/h5-14,16,18,29,31,37,42H,15,17H2,1-4H3,(H,43,48)/t29-,31-,37-,40+/m1/s1. The number of H-pyrrole nitrogens is 1. The molecule has 4 aromatic carbocycles.